The molecule has 0 aliphatic carbocycles. The van der Waals surface area contributed by atoms with Gasteiger partial charge < -0.3 is 19.7 Å². The smallest absolute Gasteiger partial charge is 0.227 e. The van der Waals surface area contributed by atoms with Crippen molar-refractivity contribution in [3.8, 4) is 22.8 Å². The molecule has 1 amide bonds. The molecule has 0 saturated carbocycles. The number of piperidine rings is 1. The third-order valence-corrected chi connectivity index (χ3v) is 5.63. The maximum atomic E-state index is 13.4. The number of rotatable bonds is 6. The van der Waals surface area contributed by atoms with E-state index in [2.05, 4.69) is 20.4 Å². The summed E-state index contributed by atoms with van der Waals surface area (Å²) in [6.45, 7) is 1.40. The van der Waals surface area contributed by atoms with Gasteiger partial charge in [0.25, 0.3) is 0 Å². The molecule has 1 aliphatic heterocycles. The molecule has 0 radical (unpaired) electrons. The van der Waals surface area contributed by atoms with Crippen molar-refractivity contribution < 1.29 is 18.7 Å². The van der Waals surface area contributed by atoms with Crippen LogP contribution in [0.25, 0.3) is 11.3 Å². The zero-order valence-electron chi connectivity index (χ0n) is 18.0. The van der Waals surface area contributed by atoms with Crippen LogP contribution in [0.1, 0.15) is 12.8 Å². The number of hydrogen-bond acceptors (Lipinski definition) is 6. The average molecular weight is 436 g/mol. The van der Waals surface area contributed by atoms with E-state index in [-0.39, 0.29) is 17.6 Å². The number of hydrogen-bond donors (Lipinski definition) is 1. The highest BCUT2D eigenvalue weighted by molar-refractivity contribution is 5.94. The van der Waals surface area contributed by atoms with Crippen molar-refractivity contribution in [2.45, 2.75) is 12.8 Å². The number of methoxy groups -OCH3 is 2. The zero-order valence-corrected chi connectivity index (χ0v) is 18.0. The predicted molar refractivity (Wildman–Crippen MR) is 121 cm³/mol. The SMILES string of the molecule is COc1ccc(NC(=O)C2CCN(c3ccc(-c4cccc(F)c4)nn3)CC2)c(OC)c1. The highest BCUT2D eigenvalue weighted by Gasteiger charge is 2.26. The molecule has 3 aromatic rings. The molecule has 0 spiro atoms. The highest BCUT2D eigenvalue weighted by atomic mass is 19.1. The molecule has 1 fully saturated rings. The first-order chi connectivity index (χ1) is 15.6. The van der Waals surface area contributed by atoms with Crippen molar-refractivity contribution in [2.75, 3.05) is 37.5 Å². The number of benzene rings is 2. The Hall–Kier alpha value is -3.68. The summed E-state index contributed by atoms with van der Waals surface area (Å²) in [7, 11) is 3.14. The van der Waals surface area contributed by atoms with E-state index in [9.17, 15) is 9.18 Å². The van der Waals surface area contributed by atoms with Crippen LogP contribution >= 0.6 is 0 Å². The van der Waals surface area contributed by atoms with Crippen LogP contribution < -0.4 is 19.7 Å². The Bertz CT molecular complexity index is 1080. The first-order valence-electron chi connectivity index (χ1n) is 10.4. The number of nitrogens with zero attached hydrogens (tertiary/aromatic N) is 3. The van der Waals surface area contributed by atoms with E-state index in [1.54, 1.807) is 44.6 Å². The van der Waals surface area contributed by atoms with E-state index in [1.807, 2.05) is 12.1 Å². The van der Waals surface area contributed by atoms with Crippen LogP contribution in [0.5, 0.6) is 11.5 Å². The van der Waals surface area contributed by atoms with Crippen molar-refractivity contribution in [1.82, 2.24) is 10.2 Å². The Labute approximate surface area is 186 Å². The number of aromatic nitrogens is 2. The summed E-state index contributed by atoms with van der Waals surface area (Å²) in [5.74, 6) is 1.54. The van der Waals surface area contributed by atoms with E-state index in [0.29, 0.717) is 54.4 Å². The van der Waals surface area contributed by atoms with Crippen LogP contribution in [0.4, 0.5) is 15.9 Å². The zero-order chi connectivity index (χ0) is 22.5. The van der Waals surface area contributed by atoms with Crippen molar-refractivity contribution in [1.29, 1.82) is 0 Å². The minimum atomic E-state index is -0.305. The highest BCUT2D eigenvalue weighted by Crippen LogP contribution is 2.31. The van der Waals surface area contributed by atoms with E-state index in [4.69, 9.17) is 9.47 Å². The van der Waals surface area contributed by atoms with Gasteiger partial charge in [0.1, 0.15) is 17.3 Å². The van der Waals surface area contributed by atoms with E-state index >= 15 is 0 Å². The van der Waals surface area contributed by atoms with E-state index < -0.39 is 0 Å². The lowest BCUT2D eigenvalue weighted by molar-refractivity contribution is -0.120. The number of ether oxygens (including phenoxy) is 2. The number of amides is 1. The van der Waals surface area contributed by atoms with Gasteiger partial charge in [0.15, 0.2) is 5.82 Å². The number of anilines is 2. The molecular weight excluding hydrogens is 411 g/mol. The largest absolute Gasteiger partial charge is 0.497 e. The molecule has 1 aromatic heterocycles. The third kappa shape index (κ3) is 4.80. The summed E-state index contributed by atoms with van der Waals surface area (Å²) in [4.78, 5) is 14.9. The first kappa shape index (κ1) is 21.5. The summed E-state index contributed by atoms with van der Waals surface area (Å²) in [6.07, 6.45) is 1.41. The average Bonchev–Trinajstić information content (AvgIpc) is 2.84. The summed E-state index contributed by atoms with van der Waals surface area (Å²) in [5.41, 5.74) is 1.93. The number of halogens is 1. The van der Waals surface area contributed by atoms with Crippen LogP contribution in [0.15, 0.2) is 54.6 Å². The van der Waals surface area contributed by atoms with Gasteiger partial charge in [0, 0.05) is 30.6 Å². The molecule has 1 aliphatic rings. The van der Waals surface area contributed by atoms with Gasteiger partial charge in [-0.05, 0) is 49.2 Å². The second-order valence-electron chi connectivity index (χ2n) is 7.60. The van der Waals surface area contributed by atoms with Gasteiger partial charge >= 0.3 is 0 Å². The Balaban J connectivity index is 1.35. The molecule has 8 heteroatoms. The van der Waals surface area contributed by atoms with Gasteiger partial charge in [0.2, 0.25) is 5.91 Å². The van der Waals surface area contributed by atoms with Crippen molar-refractivity contribution in [3.63, 3.8) is 0 Å². The molecule has 1 saturated heterocycles. The van der Waals surface area contributed by atoms with E-state index in [0.717, 1.165) is 5.82 Å². The quantitative estimate of drug-likeness (QED) is 0.626. The second-order valence-corrected chi connectivity index (χ2v) is 7.60. The third-order valence-electron chi connectivity index (χ3n) is 5.63. The topological polar surface area (TPSA) is 76.6 Å². The lowest BCUT2D eigenvalue weighted by atomic mass is 9.95. The molecule has 2 aromatic carbocycles. The summed E-state index contributed by atoms with van der Waals surface area (Å²) in [6, 6.07) is 15.3. The summed E-state index contributed by atoms with van der Waals surface area (Å²) < 4.78 is 24.0. The summed E-state index contributed by atoms with van der Waals surface area (Å²) in [5, 5.41) is 11.5. The molecule has 4 rings (SSSR count). The molecule has 2 heterocycles. The maximum Gasteiger partial charge on any atom is 0.227 e. The maximum absolute atomic E-state index is 13.4. The lowest BCUT2D eigenvalue weighted by Gasteiger charge is -2.32. The van der Waals surface area contributed by atoms with Crippen molar-refractivity contribution in [2.24, 2.45) is 5.92 Å². The minimum Gasteiger partial charge on any atom is -0.497 e. The molecule has 32 heavy (non-hydrogen) atoms. The molecule has 0 unspecified atom stereocenters. The molecule has 0 bridgehead atoms. The van der Waals surface area contributed by atoms with Crippen LogP contribution in [-0.2, 0) is 4.79 Å². The van der Waals surface area contributed by atoms with Gasteiger partial charge in [-0.2, -0.15) is 0 Å². The fourth-order valence-corrected chi connectivity index (χ4v) is 3.80. The second kappa shape index (κ2) is 9.64. The van der Waals surface area contributed by atoms with Gasteiger partial charge in [-0.3, -0.25) is 4.79 Å². The van der Waals surface area contributed by atoms with Crippen LogP contribution in [0.3, 0.4) is 0 Å². The fourth-order valence-electron chi connectivity index (χ4n) is 3.80. The molecule has 1 N–H and O–H groups in total. The van der Waals surface area contributed by atoms with Crippen LogP contribution in [0, 0.1) is 11.7 Å². The Morgan fingerprint density at radius 1 is 1.03 bits per heavy atom. The van der Waals surface area contributed by atoms with Crippen LogP contribution in [-0.4, -0.2) is 43.4 Å². The van der Waals surface area contributed by atoms with Gasteiger partial charge in [-0.1, -0.05) is 12.1 Å². The van der Waals surface area contributed by atoms with Gasteiger partial charge in [-0.25, -0.2) is 4.39 Å². The normalized spacial score (nSPS) is 14.2. The molecule has 166 valence electrons. The summed E-state index contributed by atoms with van der Waals surface area (Å²) >= 11 is 0. The van der Waals surface area contributed by atoms with Gasteiger partial charge in [0.05, 0.1) is 25.6 Å². The standard InChI is InChI=1S/C24H25FN4O3/c1-31-19-6-7-21(22(15-19)32-2)26-24(30)16-10-12-29(13-11-16)23-9-8-20(27-28-23)17-4-3-5-18(25)14-17/h3-9,14-16H,10-13H2,1-2H3,(H,26,30). The minimum absolute atomic E-state index is 0.0272. The number of nitrogens with one attached hydrogen (secondary N) is 1. The Morgan fingerprint density at radius 2 is 1.84 bits per heavy atom. The predicted octanol–water partition coefficient (Wildman–Crippen LogP) is 4.16. The lowest BCUT2D eigenvalue weighted by Crippen LogP contribution is -2.38. The van der Waals surface area contributed by atoms with Crippen molar-refractivity contribution >= 4 is 17.4 Å². The molecule has 7 nitrogen and oxygen atoms in total. The Kier molecular flexibility index (Phi) is 6.49. The number of carbonyl (C=O) groups is 1. The van der Waals surface area contributed by atoms with Crippen molar-refractivity contribution in [3.05, 3.63) is 60.4 Å². The fraction of sp³-hybridized carbons (Fsp3) is 0.292. The Morgan fingerprint density at radius 3 is 2.50 bits per heavy atom. The van der Waals surface area contributed by atoms with Gasteiger partial charge in [-0.15, -0.1) is 10.2 Å². The first-order valence-corrected chi connectivity index (χ1v) is 10.4. The molecular formula is C24H25FN4O3. The van der Waals surface area contributed by atoms with Crippen LogP contribution in [0.2, 0.25) is 0 Å². The van der Waals surface area contributed by atoms with E-state index in [1.165, 1.54) is 12.1 Å². The molecule has 0 atom stereocenters. The monoisotopic (exact) mass is 436 g/mol. The number of carbonyl (C=O) groups excluding carboxylic acids is 1.